The van der Waals surface area contributed by atoms with Crippen molar-refractivity contribution in [1.82, 2.24) is 5.32 Å². The van der Waals surface area contributed by atoms with E-state index in [0.29, 0.717) is 12.3 Å². The maximum Gasteiger partial charge on any atom is 0.216 e. The van der Waals surface area contributed by atoms with Gasteiger partial charge in [0.1, 0.15) is 0 Å². The van der Waals surface area contributed by atoms with Crippen molar-refractivity contribution in [3.63, 3.8) is 0 Å². The number of amides is 1. The molecule has 0 aliphatic heterocycles. The molecule has 0 unspecified atom stereocenters. The highest BCUT2D eigenvalue weighted by molar-refractivity contribution is 8.14. The molecule has 0 aromatic carbocycles. The Hall–Kier alpha value is -0.770. The van der Waals surface area contributed by atoms with Crippen LogP contribution in [0.5, 0.6) is 0 Å². The third kappa shape index (κ3) is 11.3. The van der Waals surface area contributed by atoms with E-state index in [0.717, 1.165) is 12.8 Å². The molecule has 1 amide bonds. The fourth-order valence-electron chi connectivity index (χ4n) is 1.12. The quantitative estimate of drug-likeness (QED) is 0.526. The van der Waals surface area contributed by atoms with Crippen LogP contribution in [0, 0.1) is 0 Å². The molecule has 0 aromatic heterocycles. The van der Waals surface area contributed by atoms with Crippen LogP contribution in [-0.4, -0.2) is 23.3 Å². The maximum absolute atomic E-state index is 11.3. The summed E-state index contributed by atoms with van der Waals surface area (Å²) < 4.78 is 0. The van der Waals surface area contributed by atoms with Crippen molar-refractivity contribution in [1.29, 1.82) is 0 Å². The Morgan fingerprint density at radius 3 is 2.69 bits per heavy atom. The number of hydrogen-bond acceptors (Lipinski definition) is 3. The third-order valence-electron chi connectivity index (χ3n) is 1.95. The number of nitrogens with one attached hydrogen (secondary N) is 1. The van der Waals surface area contributed by atoms with Gasteiger partial charge in [-0.05, 0) is 18.9 Å². The molecular weight excluding hydrogens is 222 g/mol. The van der Waals surface area contributed by atoms with Gasteiger partial charge in [0, 0.05) is 19.2 Å². The van der Waals surface area contributed by atoms with E-state index < -0.39 is 0 Å². The second kappa shape index (κ2) is 10.7. The lowest BCUT2D eigenvalue weighted by molar-refractivity contribution is -0.118. The van der Waals surface area contributed by atoms with Gasteiger partial charge in [0.15, 0.2) is 0 Å². The first-order valence-electron chi connectivity index (χ1n) is 5.74. The molecule has 0 radical (unpaired) electrons. The molecule has 16 heavy (non-hydrogen) atoms. The van der Waals surface area contributed by atoms with Gasteiger partial charge in [0.25, 0.3) is 0 Å². The zero-order valence-corrected chi connectivity index (χ0v) is 10.9. The lowest BCUT2D eigenvalue weighted by Crippen LogP contribution is -2.22. The largest absolute Gasteiger partial charge is 0.356 e. The minimum atomic E-state index is -0.0526. The number of carbonyl (C=O) groups excluding carboxylic acids is 2. The summed E-state index contributed by atoms with van der Waals surface area (Å²) in [6, 6.07) is 0. The number of hydrogen-bond donors (Lipinski definition) is 1. The topological polar surface area (TPSA) is 46.2 Å². The Balaban J connectivity index is 3.39. The molecule has 0 aromatic rings. The van der Waals surface area contributed by atoms with Crippen LogP contribution < -0.4 is 5.32 Å². The summed E-state index contributed by atoms with van der Waals surface area (Å²) in [5.41, 5.74) is 0. The first kappa shape index (κ1) is 15.2. The minimum absolute atomic E-state index is 0.0526. The van der Waals surface area contributed by atoms with Crippen LogP contribution in [-0.2, 0) is 9.59 Å². The van der Waals surface area contributed by atoms with Crippen molar-refractivity contribution in [3.8, 4) is 0 Å². The van der Waals surface area contributed by atoms with E-state index >= 15 is 0 Å². The average Bonchev–Trinajstić information content (AvgIpc) is 2.24. The van der Waals surface area contributed by atoms with Crippen molar-refractivity contribution in [3.05, 3.63) is 12.2 Å². The molecule has 1 N–H and O–H groups in total. The number of thioether (sulfide) groups is 1. The van der Waals surface area contributed by atoms with Gasteiger partial charge in [-0.3, -0.25) is 9.59 Å². The molecule has 3 nitrogen and oxygen atoms in total. The van der Waals surface area contributed by atoms with Gasteiger partial charge >= 0.3 is 0 Å². The summed E-state index contributed by atoms with van der Waals surface area (Å²) in [5.74, 6) is 0.584. The Kier molecular flexibility index (Phi) is 10.2. The van der Waals surface area contributed by atoms with Crippen LogP contribution in [0.15, 0.2) is 12.2 Å². The molecule has 4 heteroatoms. The Labute approximate surface area is 102 Å². The van der Waals surface area contributed by atoms with Gasteiger partial charge in [-0.2, -0.15) is 0 Å². The zero-order chi connectivity index (χ0) is 12.2. The highest BCUT2D eigenvalue weighted by Gasteiger charge is 1.97. The van der Waals surface area contributed by atoms with Gasteiger partial charge < -0.3 is 5.32 Å². The van der Waals surface area contributed by atoms with Crippen LogP contribution in [0.3, 0.4) is 0 Å². The van der Waals surface area contributed by atoms with E-state index in [-0.39, 0.29) is 11.0 Å². The second-order valence-corrected chi connectivity index (χ2v) is 4.65. The molecule has 0 fully saturated rings. The smallest absolute Gasteiger partial charge is 0.216 e. The van der Waals surface area contributed by atoms with Crippen LogP contribution in [0.4, 0.5) is 0 Å². The predicted molar refractivity (Wildman–Crippen MR) is 69.4 cm³/mol. The van der Waals surface area contributed by atoms with Crippen molar-refractivity contribution < 1.29 is 9.59 Å². The van der Waals surface area contributed by atoms with Gasteiger partial charge in [0.2, 0.25) is 11.0 Å². The normalized spacial score (nSPS) is 10.6. The van der Waals surface area contributed by atoms with Crippen LogP contribution in [0.2, 0.25) is 0 Å². The number of carbonyl (C=O) groups is 2. The van der Waals surface area contributed by atoms with E-state index in [4.69, 9.17) is 0 Å². The molecule has 0 saturated heterocycles. The molecule has 0 atom stereocenters. The number of allylic oxidation sites excluding steroid dienone is 1. The number of rotatable bonds is 8. The standard InChI is InChI=1S/C12H21NO2S/c1-3-4-5-6-7-8-12(15)16-10-9-13-11(2)14/h7-8H,3-6,9-10H2,1-2H3,(H,13,14)/b8-7+. The van der Waals surface area contributed by atoms with E-state index in [1.165, 1.54) is 31.5 Å². The molecule has 0 saturated carbocycles. The molecule has 0 aliphatic carbocycles. The van der Waals surface area contributed by atoms with E-state index in [9.17, 15) is 9.59 Å². The van der Waals surface area contributed by atoms with Crippen LogP contribution in [0.25, 0.3) is 0 Å². The summed E-state index contributed by atoms with van der Waals surface area (Å²) in [6.07, 6.45) is 8.11. The van der Waals surface area contributed by atoms with Crippen molar-refractivity contribution >= 4 is 22.8 Å². The fourth-order valence-corrected chi connectivity index (χ4v) is 1.72. The van der Waals surface area contributed by atoms with Gasteiger partial charge in [-0.1, -0.05) is 37.6 Å². The molecule has 0 bridgehead atoms. The summed E-state index contributed by atoms with van der Waals surface area (Å²) >= 11 is 1.24. The SMILES string of the molecule is CCCCC/C=C/C(=O)SCCNC(C)=O. The predicted octanol–water partition coefficient (Wildman–Crippen LogP) is 2.52. The van der Waals surface area contributed by atoms with Gasteiger partial charge in [-0.15, -0.1) is 0 Å². The molecule has 0 heterocycles. The highest BCUT2D eigenvalue weighted by atomic mass is 32.2. The molecule has 0 aliphatic rings. The van der Waals surface area contributed by atoms with E-state index in [1.54, 1.807) is 6.08 Å². The Morgan fingerprint density at radius 2 is 2.06 bits per heavy atom. The van der Waals surface area contributed by atoms with E-state index in [2.05, 4.69) is 12.2 Å². The lowest BCUT2D eigenvalue weighted by Gasteiger charge is -1.98. The van der Waals surface area contributed by atoms with Crippen LogP contribution in [0.1, 0.15) is 39.5 Å². The summed E-state index contributed by atoms with van der Waals surface area (Å²) in [6.45, 7) is 4.18. The van der Waals surface area contributed by atoms with E-state index in [1.807, 2.05) is 6.08 Å². The Bertz CT molecular complexity index is 239. The van der Waals surface area contributed by atoms with Gasteiger partial charge in [0.05, 0.1) is 0 Å². The monoisotopic (exact) mass is 243 g/mol. The fraction of sp³-hybridized carbons (Fsp3) is 0.667. The molecule has 92 valence electrons. The first-order chi connectivity index (χ1) is 7.66. The molecule has 0 spiro atoms. The summed E-state index contributed by atoms with van der Waals surface area (Å²) in [7, 11) is 0. The first-order valence-corrected chi connectivity index (χ1v) is 6.73. The van der Waals surface area contributed by atoms with Crippen molar-refractivity contribution in [2.75, 3.05) is 12.3 Å². The molecule has 0 rings (SSSR count). The lowest BCUT2D eigenvalue weighted by atomic mass is 10.2. The van der Waals surface area contributed by atoms with Gasteiger partial charge in [-0.25, -0.2) is 0 Å². The van der Waals surface area contributed by atoms with Crippen LogP contribution >= 0.6 is 11.8 Å². The van der Waals surface area contributed by atoms with Crippen molar-refractivity contribution in [2.45, 2.75) is 39.5 Å². The highest BCUT2D eigenvalue weighted by Crippen LogP contribution is 2.04. The molecular formula is C12H21NO2S. The minimum Gasteiger partial charge on any atom is -0.356 e. The zero-order valence-electron chi connectivity index (χ0n) is 10.1. The maximum atomic E-state index is 11.3. The average molecular weight is 243 g/mol. The second-order valence-electron chi connectivity index (χ2n) is 3.55. The summed E-state index contributed by atoms with van der Waals surface area (Å²) in [5, 5.41) is 2.72. The number of unbranched alkanes of at least 4 members (excludes halogenated alkanes) is 3. The van der Waals surface area contributed by atoms with Crippen molar-refractivity contribution in [2.24, 2.45) is 0 Å². The third-order valence-corrected chi connectivity index (χ3v) is 2.78. The summed E-state index contributed by atoms with van der Waals surface area (Å²) in [4.78, 5) is 21.8. The Morgan fingerprint density at radius 1 is 1.31 bits per heavy atom.